The van der Waals surface area contributed by atoms with Gasteiger partial charge in [-0.15, -0.1) is 9.60 Å². The predicted molar refractivity (Wildman–Crippen MR) is 155 cm³/mol. The lowest BCUT2D eigenvalue weighted by atomic mass is 9.82. The summed E-state index contributed by atoms with van der Waals surface area (Å²) in [7, 11) is 0. The van der Waals surface area contributed by atoms with Crippen molar-refractivity contribution in [1.29, 1.82) is 0 Å². The Morgan fingerprint density at radius 1 is 1.08 bits per heavy atom. The van der Waals surface area contributed by atoms with Crippen LogP contribution in [0.1, 0.15) is 70.9 Å². The number of rotatable bonds is 5. The number of piperidine rings is 1. The molecule has 1 unspecified atom stereocenters. The fourth-order valence-corrected chi connectivity index (χ4v) is 7.12. The molecule has 39 heavy (non-hydrogen) atoms. The standard InChI is InChI=1S/C32H40FN5O/c1-22(2)36-16-14-25-13-12-24(19-30(25)36)18-26-15-17-38(21-23(26)3)31(34-28-9-5-4-6-10-28)35-32(39)37(38)29-11-7-8-27(33)20-29/h7-8,11-14,16,19-20,22-23,26,28H,4-6,9-10,15,17-18,21H2,1-3H3/p+1/t23-,26?,38+/m1/s1. The zero-order valence-electron chi connectivity index (χ0n) is 23.4. The van der Waals surface area contributed by atoms with E-state index in [1.165, 1.54) is 47.9 Å². The van der Waals surface area contributed by atoms with Crippen LogP contribution in [-0.2, 0) is 6.42 Å². The lowest BCUT2D eigenvalue weighted by Crippen LogP contribution is -2.65. The van der Waals surface area contributed by atoms with Crippen molar-refractivity contribution >= 4 is 28.6 Å². The molecule has 7 heteroatoms. The van der Waals surface area contributed by atoms with Crippen molar-refractivity contribution in [1.82, 2.24) is 9.88 Å². The van der Waals surface area contributed by atoms with Crippen molar-refractivity contribution in [3.05, 3.63) is 66.1 Å². The molecule has 3 fully saturated rings. The van der Waals surface area contributed by atoms with Gasteiger partial charge in [0.05, 0.1) is 6.04 Å². The minimum absolute atomic E-state index is 0.208. The molecule has 3 atom stereocenters. The highest BCUT2D eigenvalue weighted by atomic mass is 19.1. The van der Waals surface area contributed by atoms with Crippen LogP contribution in [0.25, 0.3) is 10.9 Å². The number of hydrogen-bond acceptors (Lipinski definition) is 2. The van der Waals surface area contributed by atoms with E-state index < -0.39 is 0 Å². The van der Waals surface area contributed by atoms with Gasteiger partial charge in [0.2, 0.25) is 0 Å². The zero-order valence-corrected chi connectivity index (χ0v) is 23.4. The number of benzene rings is 2. The molecule has 6 nitrogen and oxygen atoms in total. The maximum Gasteiger partial charge on any atom is 0.376 e. The molecule has 0 radical (unpaired) electrons. The number of fused-ring (bicyclic) bond motifs is 1. The molecule has 1 N–H and O–H groups in total. The maximum atomic E-state index is 14.3. The average molecular weight is 531 g/mol. The number of carbonyl (C=O) groups excluding carboxylic acids is 1. The highest BCUT2D eigenvalue weighted by Gasteiger charge is 2.56. The van der Waals surface area contributed by atoms with Crippen LogP contribution in [0.15, 0.2) is 59.7 Å². The third-order valence-corrected chi connectivity index (χ3v) is 9.23. The van der Waals surface area contributed by atoms with E-state index in [0.29, 0.717) is 28.2 Å². The minimum Gasteiger partial charge on any atom is -0.345 e. The Balaban J connectivity index is 1.30. The molecule has 6 rings (SSSR count). The molecule has 2 amide bonds. The number of aromatic nitrogens is 1. The quantitative estimate of drug-likeness (QED) is 0.348. The topological polar surface area (TPSA) is 49.6 Å². The van der Waals surface area contributed by atoms with Gasteiger partial charge in [-0.25, -0.2) is 19.5 Å². The molecule has 3 aromatic rings. The van der Waals surface area contributed by atoms with Crippen LogP contribution in [0.3, 0.4) is 0 Å². The number of urea groups is 1. The summed E-state index contributed by atoms with van der Waals surface area (Å²) in [4.78, 5) is 18.6. The fourth-order valence-electron chi connectivity index (χ4n) is 7.12. The van der Waals surface area contributed by atoms with E-state index in [4.69, 9.17) is 4.99 Å². The molecule has 206 valence electrons. The Labute approximate surface area is 231 Å². The molecule has 0 bridgehead atoms. The van der Waals surface area contributed by atoms with Crippen LogP contribution in [-0.4, -0.2) is 40.3 Å². The number of nitrogens with one attached hydrogen (secondary N) is 1. The van der Waals surface area contributed by atoms with Crippen LogP contribution >= 0.6 is 0 Å². The van der Waals surface area contributed by atoms with E-state index in [1.807, 2.05) is 6.07 Å². The van der Waals surface area contributed by atoms with Gasteiger partial charge in [-0.05, 0) is 74.2 Å². The summed E-state index contributed by atoms with van der Waals surface area (Å²) in [5.74, 6) is 1.26. The monoisotopic (exact) mass is 530 g/mol. The minimum atomic E-state index is -0.333. The van der Waals surface area contributed by atoms with E-state index >= 15 is 0 Å². The maximum absolute atomic E-state index is 14.3. The van der Waals surface area contributed by atoms with Crippen LogP contribution in [0.2, 0.25) is 0 Å². The molecule has 1 saturated carbocycles. The lowest BCUT2D eigenvalue weighted by molar-refractivity contribution is -0.851. The van der Waals surface area contributed by atoms with Crippen molar-refractivity contribution in [3.8, 4) is 0 Å². The normalized spacial score (nSPS) is 27.3. The molecule has 2 saturated heterocycles. The van der Waals surface area contributed by atoms with Gasteiger partial charge in [-0.3, -0.25) is 0 Å². The molecule has 2 aliphatic heterocycles. The summed E-state index contributed by atoms with van der Waals surface area (Å²) in [5.41, 5.74) is 3.25. The van der Waals surface area contributed by atoms with Gasteiger partial charge in [0, 0.05) is 36.2 Å². The highest BCUT2D eigenvalue weighted by molar-refractivity contribution is 6.06. The number of amides is 2. The Kier molecular flexibility index (Phi) is 6.96. The summed E-state index contributed by atoms with van der Waals surface area (Å²) in [6, 6.07) is 16.0. The first-order chi connectivity index (χ1) is 18.8. The molecular formula is C32H41FN5O+. The van der Waals surface area contributed by atoms with Crippen LogP contribution < -0.4 is 10.3 Å². The molecule has 1 aromatic heterocycles. The average Bonchev–Trinajstić information content (AvgIpc) is 3.45. The van der Waals surface area contributed by atoms with Gasteiger partial charge in [0.1, 0.15) is 24.6 Å². The number of aliphatic imine (C=N–C) groups is 1. The summed E-state index contributed by atoms with van der Waals surface area (Å²) in [6.07, 6.45) is 9.93. The summed E-state index contributed by atoms with van der Waals surface area (Å²) >= 11 is 0. The van der Waals surface area contributed by atoms with Gasteiger partial charge >= 0.3 is 12.0 Å². The van der Waals surface area contributed by atoms with Crippen molar-refractivity contribution in [2.45, 2.75) is 77.8 Å². The fraction of sp³-hybridized carbons (Fsp3) is 0.500. The van der Waals surface area contributed by atoms with Crippen molar-refractivity contribution in [2.75, 3.05) is 18.1 Å². The van der Waals surface area contributed by atoms with Gasteiger partial charge in [-0.1, -0.05) is 44.4 Å². The number of nitrogens with zero attached hydrogens (tertiary/aromatic N) is 4. The predicted octanol–water partition coefficient (Wildman–Crippen LogP) is 7.21. The van der Waals surface area contributed by atoms with Crippen LogP contribution in [0.5, 0.6) is 0 Å². The second kappa shape index (κ2) is 10.4. The van der Waals surface area contributed by atoms with Crippen molar-refractivity contribution in [3.63, 3.8) is 0 Å². The van der Waals surface area contributed by atoms with E-state index in [0.717, 1.165) is 44.7 Å². The van der Waals surface area contributed by atoms with Gasteiger partial charge in [-0.2, -0.15) is 0 Å². The molecule has 1 aliphatic carbocycles. The first-order valence-electron chi connectivity index (χ1n) is 14.8. The number of halogens is 1. The zero-order chi connectivity index (χ0) is 27.1. The Morgan fingerprint density at radius 2 is 1.90 bits per heavy atom. The van der Waals surface area contributed by atoms with Gasteiger partial charge in [0.15, 0.2) is 0 Å². The smallest absolute Gasteiger partial charge is 0.345 e. The number of hydrogen-bond donors (Lipinski definition) is 1. The summed E-state index contributed by atoms with van der Waals surface area (Å²) in [5, 5.41) is 6.18. The SMILES string of the molecule is CC(C)n1ccc2ccc(CC3CC[N@+]4(C[C@H]3C)C(=NC3CCCCC3)NC(=O)N4c3cccc(F)c3)cc21. The first-order valence-corrected chi connectivity index (χ1v) is 14.8. The Morgan fingerprint density at radius 3 is 2.64 bits per heavy atom. The van der Waals surface area contributed by atoms with Crippen molar-refractivity contribution in [2.24, 2.45) is 16.8 Å². The largest absolute Gasteiger partial charge is 0.376 e. The molecule has 3 aliphatic rings. The Hall–Kier alpha value is -3.19. The molecule has 1 spiro atoms. The summed E-state index contributed by atoms with van der Waals surface area (Å²) in [6.45, 7) is 8.28. The molecule has 3 heterocycles. The van der Waals surface area contributed by atoms with E-state index in [-0.39, 0.29) is 17.9 Å². The van der Waals surface area contributed by atoms with Crippen molar-refractivity contribution < 1.29 is 13.8 Å². The Bertz CT molecular complexity index is 1390. The third kappa shape index (κ3) is 4.86. The molecular weight excluding hydrogens is 489 g/mol. The van der Waals surface area contributed by atoms with Gasteiger partial charge in [0.25, 0.3) is 0 Å². The summed E-state index contributed by atoms with van der Waals surface area (Å²) < 4.78 is 17.0. The number of guanidine groups is 1. The van der Waals surface area contributed by atoms with E-state index in [2.05, 4.69) is 61.1 Å². The third-order valence-electron chi connectivity index (χ3n) is 9.23. The van der Waals surface area contributed by atoms with Crippen LogP contribution in [0.4, 0.5) is 14.9 Å². The highest BCUT2D eigenvalue weighted by Crippen LogP contribution is 2.39. The van der Waals surface area contributed by atoms with E-state index in [1.54, 1.807) is 11.1 Å². The number of anilines is 1. The van der Waals surface area contributed by atoms with Crippen LogP contribution in [0, 0.1) is 17.7 Å². The van der Waals surface area contributed by atoms with E-state index in [9.17, 15) is 9.18 Å². The first kappa shape index (κ1) is 26.1. The lowest BCUT2D eigenvalue weighted by Gasteiger charge is -2.45. The number of quaternary nitrogens is 1. The van der Waals surface area contributed by atoms with Gasteiger partial charge < -0.3 is 4.57 Å². The second-order valence-electron chi connectivity index (χ2n) is 12.2. The number of carbonyl (C=O) groups is 1. The second-order valence-corrected chi connectivity index (χ2v) is 12.2. The molecule has 2 aromatic carbocycles.